The van der Waals surface area contributed by atoms with Gasteiger partial charge in [0.05, 0.1) is 0 Å². The van der Waals surface area contributed by atoms with Crippen LogP contribution in [0.25, 0.3) is 17.2 Å². The molecule has 3 heteroatoms. The second kappa shape index (κ2) is 5.40. The number of halogens is 3. The third kappa shape index (κ3) is 2.91. The first-order valence-electron chi connectivity index (χ1n) is 5.05. The van der Waals surface area contributed by atoms with Crippen molar-refractivity contribution >= 4 is 28.7 Å². The van der Waals surface area contributed by atoms with Gasteiger partial charge in [-0.15, -0.1) is 0 Å². The molecule has 0 saturated heterocycles. The molecule has 0 aliphatic rings. The van der Waals surface area contributed by atoms with E-state index in [1.165, 1.54) is 0 Å². The minimum atomic E-state index is -1.67. The topological polar surface area (TPSA) is 0 Å². The lowest BCUT2D eigenvalue weighted by atomic mass is 10.00. The molecule has 17 heavy (non-hydrogen) atoms. The first-order valence-corrected chi connectivity index (χ1v) is 6.13. The SMILES string of the molecule is FC(F)=Cc1c(I)cccc1-c1ccccc1. The largest absolute Gasteiger partial charge is 0.270 e. The smallest absolute Gasteiger partial charge is 0.173 e. The zero-order valence-corrected chi connectivity index (χ0v) is 11.0. The Labute approximate surface area is 112 Å². The van der Waals surface area contributed by atoms with Crippen LogP contribution in [0.1, 0.15) is 5.56 Å². The molecule has 2 aromatic rings. The molecule has 0 N–H and O–H groups in total. The molecule has 0 nitrogen and oxygen atoms in total. The Morgan fingerprint density at radius 3 is 2.29 bits per heavy atom. The molecule has 0 bridgehead atoms. The van der Waals surface area contributed by atoms with Crippen molar-refractivity contribution in [2.45, 2.75) is 0 Å². The average Bonchev–Trinajstić information content (AvgIpc) is 2.32. The summed E-state index contributed by atoms with van der Waals surface area (Å²) < 4.78 is 25.7. The Morgan fingerprint density at radius 2 is 1.65 bits per heavy atom. The van der Waals surface area contributed by atoms with Gasteiger partial charge in [0, 0.05) is 15.2 Å². The van der Waals surface area contributed by atoms with Gasteiger partial charge in [0.25, 0.3) is 6.08 Å². The van der Waals surface area contributed by atoms with Crippen LogP contribution in [0.4, 0.5) is 8.78 Å². The van der Waals surface area contributed by atoms with E-state index in [9.17, 15) is 8.78 Å². The van der Waals surface area contributed by atoms with Crippen LogP contribution in [0.15, 0.2) is 54.6 Å². The van der Waals surface area contributed by atoms with E-state index in [-0.39, 0.29) is 0 Å². The predicted octanol–water partition coefficient (Wildman–Crippen LogP) is 5.20. The van der Waals surface area contributed by atoms with E-state index in [2.05, 4.69) is 22.6 Å². The highest BCUT2D eigenvalue weighted by atomic mass is 127. The molecule has 0 amide bonds. The molecule has 0 atom stereocenters. The number of hydrogen-bond acceptors (Lipinski definition) is 0. The lowest BCUT2D eigenvalue weighted by Gasteiger charge is -2.08. The molecule has 0 heterocycles. The lowest BCUT2D eigenvalue weighted by molar-refractivity contribution is 0.429. The molecule has 0 aliphatic heterocycles. The quantitative estimate of drug-likeness (QED) is 0.659. The highest BCUT2D eigenvalue weighted by molar-refractivity contribution is 14.1. The van der Waals surface area contributed by atoms with Crippen molar-refractivity contribution in [1.82, 2.24) is 0 Å². The standard InChI is InChI=1S/C14H9F2I/c15-14(16)9-12-11(7-4-8-13(12)17)10-5-2-1-3-6-10/h1-9H. The minimum Gasteiger partial charge on any atom is -0.173 e. The Morgan fingerprint density at radius 1 is 0.941 bits per heavy atom. The molecule has 0 radical (unpaired) electrons. The maximum absolute atomic E-state index is 12.5. The fourth-order valence-electron chi connectivity index (χ4n) is 1.66. The summed E-state index contributed by atoms with van der Waals surface area (Å²) >= 11 is 2.07. The molecule has 0 spiro atoms. The van der Waals surface area contributed by atoms with Crippen LogP contribution in [-0.2, 0) is 0 Å². The molecule has 0 unspecified atom stereocenters. The van der Waals surface area contributed by atoms with E-state index in [1.54, 1.807) is 0 Å². The van der Waals surface area contributed by atoms with Gasteiger partial charge in [-0.05, 0) is 39.8 Å². The van der Waals surface area contributed by atoms with Gasteiger partial charge < -0.3 is 0 Å². The number of benzene rings is 2. The summed E-state index contributed by atoms with van der Waals surface area (Å²) in [5.74, 6) is 0. The molecule has 86 valence electrons. The van der Waals surface area contributed by atoms with Gasteiger partial charge in [-0.3, -0.25) is 0 Å². The second-order valence-corrected chi connectivity index (χ2v) is 4.66. The van der Waals surface area contributed by atoms with Crippen LogP contribution in [0.2, 0.25) is 0 Å². The fraction of sp³-hybridized carbons (Fsp3) is 0. The summed E-state index contributed by atoms with van der Waals surface area (Å²) in [6, 6.07) is 15.1. The van der Waals surface area contributed by atoms with Gasteiger partial charge in [0.2, 0.25) is 0 Å². The van der Waals surface area contributed by atoms with E-state index in [0.29, 0.717) is 5.56 Å². The molecule has 2 rings (SSSR count). The van der Waals surface area contributed by atoms with E-state index >= 15 is 0 Å². The molecule has 0 aliphatic carbocycles. The van der Waals surface area contributed by atoms with E-state index in [1.807, 2.05) is 48.5 Å². The normalized spacial score (nSPS) is 10.1. The molecule has 2 aromatic carbocycles. The summed E-state index contributed by atoms with van der Waals surface area (Å²) in [5, 5.41) is 0. The van der Waals surface area contributed by atoms with Crippen molar-refractivity contribution in [1.29, 1.82) is 0 Å². The molecule has 0 saturated carbocycles. The van der Waals surface area contributed by atoms with Crippen LogP contribution < -0.4 is 0 Å². The van der Waals surface area contributed by atoms with Crippen LogP contribution in [-0.4, -0.2) is 0 Å². The summed E-state index contributed by atoms with van der Waals surface area (Å²) in [6.45, 7) is 0. The van der Waals surface area contributed by atoms with Crippen molar-refractivity contribution in [2.24, 2.45) is 0 Å². The van der Waals surface area contributed by atoms with Gasteiger partial charge in [0.1, 0.15) is 0 Å². The second-order valence-electron chi connectivity index (χ2n) is 3.50. The minimum absolute atomic E-state index is 0.569. The summed E-state index contributed by atoms with van der Waals surface area (Å²) in [7, 11) is 0. The van der Waals surface area contributed by atoms with E-state index in [0.717, 1.165) is 20.8 Å². The zero-order valence-electron chi connectivity index (χ0n) is 8.83. The van der Waals surface area contributed by atoms with Gasteiger partial charge in [-0.2, -0.15) is 8.78 Å². The maximum Gasteiger partial charge on any atom is 0.270 e. The Bertz CT molecular complexity index is 543. The summed E-state index contributed by atoms with van der Waals surface area (Å²) in [5.41, 5.74) is 2.34. The maximum atomic E-state index is 12.5. The van der Waals surface area contributed by atoms with E-state index < -0.39 is 6.08 Å². The van der Waals surface area contributed by atoms with Gasteiger partial charge in [0.15, 0.2) is 0 Å². The lowest BCUT2D eigenvalue weighted by Crippen LogP contribution is -1.87. The molecule has 0 aromatic heterocycles. The van der Waals surface area contributed by atoms with Crippen molar-refractivity contribution in [2.75, 3.05) is 0 Å². The van der Waals surface area contributed by atoms with Gasteiger partial charge >= 0.3 is 0 Å². The fourth-order valence-corrected chi connectivity index (χ4v) is 2.32. The van der Waals surface area contributed by atoms with E-state index in [4.69, 9.17) is 0 Å². The van der Waals surface area contributed by atoms with Gasteiger partial charge in [-0.25, -0.2) is 0 Å². The Kier molecular flexibility index (Phi) is 3.89. The van der Waals surface area contributed by atoms with Crippen LogP contribution in [0.5, 0.6) is 0 Å². The Hall–Kier alpha value is -1.23. The third-order valence-corrected chi connectivity index (χ3v) is 3.33. The predicted molar refractivity (Wildman–Crippen MR) is 74.8 cm³/mol. The monoisotopic (exact) mass is 342 g/mol. The summed E-state index contributed by atoms with van der Waals surface area (Å²) in [6.07, 6.45) is -0.754. The van der Waals surface area contributed by atoms with Crippen molar-refractivity contribution < 1.29 is 8.78 Å². The molecular formula is C14H9F2I. The average molecular weight is 342 g/mol. The molecule has 0 fully saturated rings. The van der Waals surface area contributed by atoms with Crippen LogP contribution in [0.3, 0.4) is 0 Å². The highest BCUT2D eigenvalue weighted by Gasteiger charge is 2.07. The first-order chi connectivity index (χ1) is 8.18. The van der Waals surface area contributed by atoms with Crippen molar-refractivity contribution in [3.05, 3.63) is 63.7 Å². The zero-order chi connectivity index (χ0) is 12.3. The Balaban J connectivity index is 2.62. The highest BCUT2D eigenvalue weighted by Crippen LogP contribution is 2.29. The van der Waals surface area contributed by atoms with Crippen molar-refractivity contribution in [3.8, 4) is 11.1 Å². The van der Waals surface area contributed by atoms with Crippen molar-refractivity contribution in [3.63, 3.8) is 0 Å². The van der Waals surface area contributed by atoms with Crippen LogP contribution >= 0.6 is 22.6 Å². The van der Waals surface area contributed by atoms with Gasteiger partial charge in [-0.1, -0.05) is 42.5 Å². The van der Waals surface area contributed by atoms with Crippen LogP contribution in [0, 0.1) is 3.57 Å². The molecular weight excluding hydrogens is 333 g/mol. The third-order valence-electron chi connectivity index (χ3n) is 2.39. The first kappa shape index (κ1) is 12.2. The number of rotatable bonds is 2. The number of hydrogen-bond donors (Lipinski definition) is 0. The summed E-state index contributed by atoms with van der Waals surface area (Å²) in [4.78, 5) is 0.